The van der Waals surface area contributed by atoms with Crippen LogP contribution in [-0.2, 0) is 11.2 Å². The van der Waals surface area contributed by atoms with Gasteiger partial charge in [0, 0.05) is 19.7 Å². The van der Waals surface area contributed by atoms with Crippen molar-refractivity contribution >= 4 is 5.69 Å². The lowest BCUT2D eigenvalue weighted by atomic mass is 10.1. The highest BCUT2D eigenvalue weighted by atomic mass is 19.1. The molecule has 0 aliphatic carbocycles. The van der Waals surface area contributed by atoms with Crippen LogP contribution in [0.25, 0.3) is 0 Å². The van der Waals surface area contributed by atoms with Crippen LogP contribution >= 0.6 is 0 Å². The molecule has 112 valence electrons. The molecule has 3 nitrogen and oxygen atoms in total. The Bertz CT molecular complexity index is 424. The van der Waals surface area contributed by atoms with Crippen molar-refractivity contribution < 1.29 is 13.5 Å². The second-order valence-corrected chi connectivity index (χ2v) is 5.12. The molecule has 0 saturated carbocycles. The lowest BCUT2D eigenvalue weighted by molar-refractivity contribution is 0.115. The molecule has 5 heteroatoms. The number of anilines is 1. The fourth-order valence-corrected chi connectivity index (χ4v) is 2.64. The van der Waals surface area contributed by atoms with Gasteiger partial charge in [-0.2, -0.15) is 0 Å². The number of nitrogens with zero attached hydrogens (tertiary/aromatic N) is 1. The summed E-state index contributed by atoms with van der Waals surface area (Å²) in [6.07, 6.45) is 2.51. The van der Waals surface area contributed by atoms with Crippen LogP contribution in [0.2, 0.25) is 0 Å². The third kappa shape index (κ3) is 3.46. The van der Waals surface area contributed by atoms with Gasteiger partial charge in [0.1, 0.15) is 17.3 Å². The maximum atomic E-state index is 14.2. The molecule has 0 spiro atoms. The number of hydrogen-bond acceptors (Lipinski definition) is 3. The molecule has 1 aliphatic heterocycles. The molecule has 0 amide bonds. The van der Waals surface area contributed by atoms with Crippen molar-refractivity contribution in [1.82, 2.24) is 0 Å². The van der Waals surface area contributed by atoms with Gasteiger partial charge in [0.05, 0.1) is 6.10 Å². The summed E-state index contributed by atoms with van der Waals surface area (Å²) in [7, 11) is 0. The topological polar surface area (TPSA) is 38.5 Å². The van der Waals surface area contributed by atoms with Crippen LogP contribution in [0.1, 0.15) is 25.3 Å². The van der Waals surface area contributed by atoms with E-state index in [0.29, 0.717) is 31.6 Å². The van der Waals surface area contributed by atoms with Crippen molar-refractivity contribution in [3.63, 3.8) is 0 Å². The Hall–Kier alpha value is -1.20. The summed E-state index contributed by atoms with van der Waals surface area (Å²) in [5, 5.41) is 0. The van der Waals surface area contributed by atoms with E-state index in [4.69, 9.17) is 10.5 Å². The second-order valence-electron chi connectivity index (χ2n) is 5.12. The van der Waals surface area contributed by atoms with Gasteiger partial charge in [0.15, 0.2) is 0 Å². The number of ether oxygens (including phenoxy) is 1. The molecule has 2 N–H and O–H groups in total. The Balaban J connectivity index is 2.19. The van der Waals surface area contributed by atoms with E-state index in [1.807, 2.05) is 6.92 Å². The first-order chi connectivity index (χ1) is 9.65. The van der Waals surface area contributed by atoms with Gasteiger partial charge in [-0.25, -0.2) is 8.78 Å². The minimum absolute atomic E-state index is 0.0452. The number of likely N-dealkylation sites (N-methyl/N-ethyl adjacent to an activating group) is 1. The average Bonchev–Trinajstić information content (AvgIpc) is 2.90. The van der Waals surface area contributed by atoms with Crippen molar-refractivity contribution in [2.75, 3.05) is 31.1 Å². The zero-order valence-corrected chi connectivity index (χ0v) is 11.9. The Morgan fingerprint density at radius 3 is 2.55 bits per heavy atom. The first-order valence-corrected chi connectivity index (χ1v) is 7.20. The van der Waals surface area contributed by atoms with Gasteiger partial charge >= 0.3 is 0 Å². The summed E-state index contributed by atoms with van der Waals surface area (Å²) < 4.78 is 33.9. The zero-order valence-electron chi connectivity index (χ0n) is 11.9. The van der Waals surface area contributed by atoms with Crippen molar-refractivity contribution in [1.29, 1.82) is 0 Å². The van der Waals surface area contributed by atoms with Crippen LogP contribution in [0, 0.1) is 11.6 Å². The molecule has 2 rings (SSSR count). The van der Waals surface area contributed by atoms with Gasteiger partial charge in [-0.1, -0.05) is 0 Å². The van der Waals surface area contributed by atoms with E-state index < -0.39 is 11.6 Å². The van der Waals surface area contributed by atoms with Crippen LogP contribution in [0.3, 0.4) is 0 Å². The third-order valence-corrected chi connectivity index (χ3v) is 3.66. The normalized spacial score (nSPS) is 18.5. The van der Waals surface area contributed by atoms with E-state index in [9.17, 15) is 8.78 Å². The van der Waals surface area contributed by atoms with Crippen LogP contribution in [0.15, 0.2) is 12.1 Å². The monoisotopic (exact) mass is 284 g/mol. The van der Waals surface area contributed by atoms with Crippen LogP contribution < -0.4 is 10.6 Å². The van der Waals surface area contributed by atoms with Gasteiger partial charge in [-0.3, -0.25) is 0 Å². The van der Waals surface area contributed by atoms with E-state index in [-0.39, 0.29) is 11.8 Å². The quantitative estimate of drug-likeness (QED) is 0.872. The van der Waals surface area contributed by atoms with E-state index in [2.05, 4.69) is 0 Å². The highest BCUT2D eigenvalue weighted by molar-refractivity contribution is 5.51. The molecular formula is C15H22F2N2O. The van der Waals surface area contributed by atoms with Gasteiger partial charge in [0.25, 0.3) is 0 Å². The lowest BCUT2D eigenvalue weighted by Crippen LogP contribution is -2.33. The SMILES string of the molecule is CCN(CC1CCCO1)c1c(F)cc(CCN)cc1F. The molecule has 1 saturated heterocycles. The van der Waals surface area contributed by atoms with E-state index in [0.717, 1.165) is 19.4 Å². The Kier molecular flexibility index (Phi) is 5.31. The summed E-state index contributed by atoms with van der Waals surface area (Å²) >= 11 is 0. The molecule has 0 radical (unpaired) electrons. The Labute approximate surface area is 118 Å². The van der Waals surface area contributed by atoms with Gasteiger partial charge in [0.2, 0.25) is 0 Å². The molecule has 20 heavy (non-hydrogen) atoms. The van der Waals surface area contributed by atoms with Crippen LogP contribution in [-0.4, -0.2) is 32.3 Å². The van der Waals surface area contributed by atoms with E-state index >= 15 is 0 Å². The molecule has 1 unspecified atom stereocenters. The van der Waals surface area contributed by atoms with Gasteiger partial charge < -0.3 is 15.4 Å². The molecule has 1 atom stereocenters. The number of halogens is 2. The summed E-state index contributed by atoms with van der Waals surface area (Å²) in [6.45, 7) is 4.08. The summed E-state index contributed by atoms with van der Waals surface area (Å²) in [6, 6.07) is 2.76. The van der Waals surface area contributed by atoms with Crippen molar-refractivity contribution in [3.05, 3.63) is 29.3 Å². The van der Waals surface area contributed by atoms with Crippen LogP contribution in [0.5, 0.6) is 0 Å². The largest absolute Gasteiger partial charge is 0.376 e. The summed E-state index contributed by atoms with van der Waals surface area (Å²) in [4.78, 5) is 1.72. The summed E-state index contributed by atoms with van der Waals surface area (Å²) in [5.41, 5.74) is 6.06. The van der Waals surface area contributed by atoms with Crippen molar-refractivity contribution in [2.45, 2.75) is 32.3 Å². The minimum Gasteiger partial charge on any atom is -0.376 e. The lowest BCUT2D eigenvalue weighted by Gasteiger charge is -2.27. The maximum Gasteiger partial charge on any atom is 0.149 e. The smallest absolute Gasteiger partial charge is 0.149 e. The Morgan fingerprint density at radius 2 is 2.05 bits per heavy atom. The van der Waals surface area contributed by atoms with Crippen molar-refractivity contribution in [2.24, 2.45) is 5.73 Å². The van der Waals surface area contributed by atoms with E-state index in [1.165, 1.54) is 12.1 Å². The summed E-state index contributed by atoms with van der Waals surface area (Å²) in [5.74, 6) is -1.04. The molecule has 0 bridgehead atoms. The molecule has 1 aliphatic rings. The highest BCUT2D eigenvalue weighted by Crippen LogP contribution is 2.26. The minimum atomic E-state index is -0.520. The van der Waals surface area contributed by atoms with Crippen LogP contribution in [0.4, 0.5) is 14.5 Å². The first-order valence-electron chi connectivity index (χ1n) is 7.20. The number of rotatable bonds is 6. The number of hydrogen-bond donors (Lipinski definition) is 1. The molecule has 0 aromatic heterocycles. The molecule has 1 heterocycles. The first kappa shape index (κ1) is 15.2. The second kappa shape index (κ2) is 6.99. The molecule has 1 aromatic rings. The standard InChI is InChI=1S/C15H22F2N2O/c1-2-19(10-12-4-3-7-20-12)15-13(16)8-11(5-6-18)9-14(15)17/h8-9,12H,2-7,10,18H2,1H3. The predicted molar refractivity (Wildman–Crippen MR) is 76.0 cm³/mol. The molecular weight excluding hydrogens is 262 g/mol. The molecule has 1 aromatic carbocycles. The average molecular weight is 284 g/mol. The highest BCUT2D eigenvalue weighted by Gasteiger charge is 2.23. The third-order valence-electron chi connectivity index (χ3n) is 3.66. The number of benzene rings is 1. The van der Waals surface area contributed by atoms with Gasteiger partial charge in [-0.15, -0.1) is 0 Å². The molecule has 1 fully saturated rings. The van der Waals surface area contributed by atoms with Crippen molar-refractivity contribution in [3.8, 4) is 0 Å². The van der Waals surface area contributed by atoms with E-state index in [1.54, 1.807) is 4.90 Å². The Morgan fingerprint density at radius 1 is 1.35 bits per heavy atom. The maximum absolute atomic E-state index is 14.2. The fraction of sp³-hybridized carbons (Fsp3) is 0.600. The fourth-order valence-electron chi connectivity index (χ4n) is 2.64. The predicted octanol–water partition coefficient (Wildman–Crippen LogP) is 2.47. The number of nitrogens with two attached hydrogens (primary N) is 1. The zero-order chi connectivity index (χ0) is 14.5. The van der Waals surface area contributed by atoms with Gasteiger partial charge in [-0.05, 0) is 50.4 Å².